The molecule has 6 rings (SSSR count). The van der Waals surface area contributed by atoms with E-state index in [1.807, 2.05) is 24.4 Å². The van der Waals surface area contributed by atoms with E-state index in [0.29, 0.717) is 24.4 Å². The summed E-state index contributed by atoms with van der Waals surface area (Å²) in [7, 11) is 0. The van der Waals surface area contributed by atoms with E-state index < -0.39 is 0 Å². The van der Waals surface area contributed by atoms with Gasteiger partial charge in [0.15, 0.2) is 0 Å². The van der Waals surface area contributed by atoms with E-state index in [-0.39, 0.29) is 19.3 Å². The van der Waals surface area contributed by atoms with E-state index in [2.05, 4.69) is 102 Å². The van der Waals surface area contributed by atoms with E-state index in [4.69, 9.17) is 9.84 Å². The highest BCUT2D eigenvalue weighted by atomic mass is 16.5. The van der Waals surface area contributed by atoms with E-state index >= 15 is 0 Å². The van der Waals surface area contributed by atoms with Gasteiger partial charge >= 0.3 is 0 Å². The van der Waals surface area contributed by atoms with Crippen molar-refractivity contribution in [1.29, 1.82) is 0 Å². The molecule has 41 heavy (non-hydrogen) atoms. The van der Waals surface area contributed by atoms with Crippen LogP contribution in [0.5, 0.6) is 0 Å². The van der Waals surface area contributed by atoms with E-state index in [1.54, 1.807) is 0 Å². The molecular weight excluding hydrogens is 506 g/mol. The second-order valence-electron chi connectivity index (χ2n) is 11.0. The molecule has 3 N–H and O–H groups in total. The number of aromatic nitrogens is 1. The first-order valence-electron chi connectivity index (χ1n) is 14.7. The molecule has 0 bridgehead atoms. The quantitative estimate of drug-likeness (QED) is 0.193. The molecule has 1 aliphatic heterocycles. The largest absolute Gasteiger partial charge is 0.396 e. The van der Waals surface area contributed by atoms with Crippen molar-refractivity contribution in [2.45, 2.75) is 31.8 Å². The van der Waals surface area contributed by atoms with Crippen molar-refractivity contribution in [2.24, 2.45) is 17.8 Å². The lowest BCUT2D eigenvalue weighted by atomic mass is 9.69. The summed E-state index contributed by atoms with van der Waals surface area (Å²) in [6.45, 7) is 1.01. The number of benzene rings is 4. The third kappa shape index (κ3) is 7.74. The first-order chi connectivity index (χ1) is 20.2. The van der Waals surface area contributed by atoms with Crippen LogP contribution >= 0.6 is 0 Å². The van der Waals surface area contributed by atoms with Gasteiger partial charge in [-0.25, -0.2) is 0 Å². The van der Waals surface area contributed by atoms with Crippen LogP contribution in [0.15, 0.2) is 121 Å². The van der Waals surface area contributed by atoms with Crippen LogP contribution in [0.4, 0.5) is 0 Å². The standard InChI is InChI=1S/C27H30O2.C10H11NO/c28-19-27-26(18-23-14-8-3-9-15-23)25(17-22-12-6-2-7-13-22)24(20-29-27)16-21-10-4-1-5-11-21;12-6-5-8-7-11-10-4-2-1-3-9(8)10/h1-15,24-28H,16-20H2;1-4,7,11-12H,5-6H2/t24?,25-,26+,27-;/m1./s1. The molecule has 4 aromatic carbocycles. The number of para-hydroxylation sites is 1. The van der Waals surface area contributed by atoms with Crippen LogP contribution in [0.2, 0.25) is 0 Å². The van der Waals surface area contributed by atoms with Gasteiger partial charge in [0.25, 0.3) is 0 Å². The summed E-state index contributed by atoms with van der Waals surface area (Å²) >= 11 is 0. The predicted octanol–water partition coefficient (Wildman–Crippen LogP) is 6.66. The Labute approximate surface area is 243 Å². The predicted molar refractivity (Wildman–Crippen MR) is 167 cm³/mol. The molecule has 0 saturated carbocycles. The maximum atomic E-state index is 10.1. The van der Waals surface area contributed by atoms with Crippen LogP contribution in [0, 0.1) is 17.8 Å². The topological polar surface area (TPSA) is 65.5 Å². The molecule has 1 aromatic heterocycles. The molecule has 2 heterocycles. The molecule has 4 heteroatoms. The smallest absolute Gasteiger partial charge is 0.0839 e. The van der Waals surface area contributed by atoms with Crippen molar-refractivity contribution >= 4 is 10.9 Å². The van der Waals surface area contributed by atoms with Gasteiger partial charge in [-0.3, -0.25) is 0 Å². The van der Waals surface area contributed by atoms with Crippen molar-refractivity contribution in [2.75, 3.05) is 19.8 Å². The van der Waals surface area contributed by atoms with Gasteiger partial charge in [-0.15, -0.1) is 0 Å². The highest BCUT2D eigenvalue weighted by molar-refractivity contribution is 5.83. The van der Waals surface area contributed by atoms with Crippen LogP contribution in [0.25, 0.3) is 10.9 Å². The summed E-state index contributed by atoms with van der Waals surface area (Å²) in [5, 5.41) is 20.1. The molecule has 1 saturated heterocycles. The highest BCUT2D eigenvalue weighted by Gasteiger charge is 2.39. The van der Waals surface area contributed by atoms with Crippen LogP contribution in [-0.4, -0.2) is 41.1 Å². The van der Waals surface area contributed by atoms with Crippen molar-refractivity contribution in [3.63, 3.8) is 0 Å². The minimum absolute atomic E-state index is 0.0842. The minimum atomic E-state index is -0.101. The number of hydrogen-bond acceptors (Lipinski definition) is 3. The van der Waals surface area contributed by atoms with Gasteiger partial charge in [-0.05, 0) is 71.8 Å². The highest BCUT2D eigenvalue weighted by Crippen LogP contribution is 2.38. The molecule has 1 aliphatic rings. The summed E-state index contributed by atoms with van der Waals surface area (Å²) in [4.78, 5) is 3.16. The summed E-state index contributed by atoms with van der Waals surface area (Å²) in [6, 6.07) is 40.2. The second-order valence-corrected chi connectivity index (χ2v) is 11.0. The summed E-state index contributed by atoms with van der Waals surface area (Å²) in [6.07, 6.45) is 5.56. The Morgan fingerprint density at radius 1 is 0.634 bits per heavy atom. The second kappa shape index (κ2) is 14.8. The fraction of sp³-hybridized carbons (Fsp3) is 0.297. The van der Waals surface area contributed by atoms with Crippen LogP contribution < -0.4 is 0 Å². The number of aliphatic hydroxyl groups excluding tert-OH is 2. The third-order valence-electron chi connectivity index (χ3n) is 8.36. The zero-order chi connectivity index (χ0) is 28.3. The Bertz CT molecular complexity index is 1430. The molecule has 0 spiro atoms. The monoisotopic (exact) mass is 547 g/mol. The summed E-state index contributed by atoms with van der Waals surface area (Å²) in [5.41, 5.74) is 6.37. The van der Waals surface area contributed by atoms with E-state index in [0.717, 1.165) is 31.2 Å². The molecule has 1 fully saturated rings. The first-order valence-corrected chi connectivity index (χ1v) is 14.7. The number of rotatable bonds is 9. The fourth-order valence-electron chi connectivity index (χ4n) is 6.27. The Morgan fingerprint density at radius 2 is 1.17 bits per heavy atom. The van der Waals surface area contributed by atoms with E-state index in [9.17, 15) is 5.11 Å². The lowest BCUT2D eigenvalue weighted by Gasteiger charge is -2.43. The first kappa shape index (κ1) is 28.8. The molecule has 0 amide bonds. The Morgan fingerprint density at radius 3 is 1.76 bits per heavy atom. The number of fused-ring (bicyclic) bond motifs is 1. The van der Waals surface area contributed by atoms with Gasteiger partial charge in [0.1, 0.15) is 0 Å². The molecule has 0 radical (unpaired) electrons. The normalized spacial score (nSPS) is 20.3. The number of aliphatic hydroxyl groups is 2. The lowest BCUT2D eigenvalue weighted by Crippen LogP contribution is -2.46. The molecule has 0 aliphatic carbocycles. The number of H-pyrrole nitrogens is 1. The third-order valence-corrected chi connectivity index (χ3v) is 8.36. The average Bonchev–Trinajstić information content (AvgIpc) is 3.44. The Balaban J connectivity index is 0.000000234. The van der Waals surface area contributed by atoms with Crippen LogP contribution in [-0.2, 0) is 30.4 Å². The molecule has 5 aromatic rings. The maximum absolute atomic E-state index is 10.1. The number of ether oxygens (including phenoxy) is 1. The van der Waals surface area contributed by atoms with Crippen molar-refractivity contribution in [3.05, 3.63) is 144 Å². The van der Waals surface area contributed by atoms with Crippen molar-refractivity contribution in [3.8, 4) is 0 Å². The molecule has 4 atom stereocenters. The zero-order valence-electron chi connectivity index (χ0n) is 23.6. The summed E-state index contributed by atoms with van der Waals surface area (Å²) in [5.74, 6) is 1.20. The lowest BCUT2D eigenvalue weighted by molar-refractivity contribution is -0.110. The molecule has 4 nitrogen and oxygen atoms in total. The van der Waals surface area contributed by atoms with Gasteiger partial charge in [-0.2, -0.15) is 0 Å². The number of hydrogen-bond donors (Lipinski definition) is 3. The molecule has 1 unspecified atom stereocenters. The minimum Gasteiger partial charge on any atom is -0.396 e. The SMILES string of the molecule is OCCc1c[nH]c2ccccc12.OC[C@H]1OCC(Cc2ccccc2)[C@@H](Cc2ccccc2)[C@@H]1Cc1ccccc1. The fourth-order valence-corrected chi connectivity index (χ4v) is 6.27. The zero-order valence-corrected chi connectivity index (χ0v) is 23.6. The molecule has 212 valence electrons. The van der Waals surface area contributed by atoms with Gasteiger partial charge in [0, 0.05) is 23.7 Å². The number of aromatic amines is 1. The van der Waals surface area contributed by atoms with Gasteiger partial charge in [0.2, 0.25) is 0 Å². The Hall–Kier alpha value is -3.70. The summed E-state index contributed by atoms with van der Waals surface area (Å²) < 4.78 is 6.21. The average molecular weight is 548 g/mol. The van der Waals surface area contributed by atoms with Gasteiger partial charge < -0.3 is 19.9 Å². The van der Waals surface area contributed by atoms with Crippen molar-refractivity contribution < 1.29 is 14.9 Å². The van der Waals surface area contributed by atoms with Crippen LogP contribution in [0.3, 0.4) is 0 Å². The van der Waals surface area contributed by atoms with Gasteiger partial charge in [0.05, 0.1) is 19.3 Å². The van der Waals surface area contributed by atoms with Gasteiger partial charge in [-0.1, -0.05) is 109 Å². The maximum Gasteiger partial charge on any atom is 0.0839 e. The van der Waals surface area contributed by atoms with Crippen molar-refractivity contribution in [1.82, 2.24) is 4.98 Å². The molecular formula is C37H41NO3. The van der Waals surface area contributed by atoms with Crippen LogP contribution in [0.1, 0.15) is 22.3 Å². The van der Waals surface area contributed by atoms with E-state index in [1.165, 1.54) is 27.6 Å². The Kier molecular flexibility index (Phi) is 10.4. The number of nitrogens with one attached hydrogen (secondary N) is 1.